The zero-order chi connectivity index (χ0) is 13.7. The van der Waals surface area contributed by atoms with Gasteiger partial charge in [-0.25, -0.2) is 4.79 Å². The molecule has 3 nitrogen and oxygen atoms in total. The standard InChI is InChI=1S/C14H15NO2S2/c1-2-7-17-13(16)11-5-3-10(4-6-11)8-12-9-15-14(18)19-12/h3-6,9H,2,7-8H2,1H3,(H,15,18). The van der Waals surface area contributed by atoms with Crippen molar-refractivity contribution in [1.82, 2.24) is 4.98 Å². The van der Waals surface area contributed by atoms with E-state index in [1.54, 1.807) is 23.5 Å². The van der Waals surface area contributed by atoms with Crippen LogP contribution in [0.3, 0.4) is 0 Å². The summed E-state index contributed by atoms with van der Waals surface area (Å²) in [6.07, 6.45) is 3.58. The monoisotopic (exact) mass is 293 g/mol. The minimum absolute atomic E-state index is 0.259. The number of esters is 1. The molecule has 1 N–H and O–H groups in total. The highest BCUT2D eigenvalue weighted by Gasteiger charge is 2.06. The molecule has 100 valence electrons. The molecular formula is C14H15NO2S2. The van der Waals surface area contributed by atoms with Crippen LogP contribution in [-0.2, 0) is 11.2 Å². The molecule has 0 unspecified atom stereocenters. The van der Waals surface area contributed by atoms with Gasteiger partial charge < -0.3 is 9.72 Å². The number of benzene rings is 1. The van der Waals surface area contributed by atoms with Gasteiger partial charge in [-0.3, -0.25) is 0 Å². The summed E-state index contributed by atoms with van der Waals surface area (Å²) in [5, 5.41) is 0. The van der Waals surface area contributed by atoms with Crippen molar-refractivity contribution < 1.29 is 9.53 Å². The van der Waals surface area contributed by atoms with Crippen molar-refractivity contribution in [3.63, 3.8) is 0 Å². The molecule has 1 aromatic heterocycles. The number of thiazole rings is 1. The molecule has 1 heterocycles. The molecule has 0 atom stereocenters. The van der Waals surface area contributed by atoms with Crippen LogP contribution in [0.5, 0.6) is 0 Å². The van der Waals surface area contributed by atoms with E-state index >= 15 is 0 Å². The third-order valence-electron chi connectivity index (χ3n) is 2.58. The Morgan fingerprint density at radius 3 is 2.68 bits per heavy atom. The van der Waals surface area contributed by atoms with Crippen LogP contribution >= 0.6 is 23.6 Å². The van der Waals surface area contributed by atoms with Crippen LogP contribution in [0.2, 0.25) is 0 Å². The molecule has 19 heavy (non-hydrogen) atoms. The van der Waals surface area contributed by atoms with Crippen LogP contribution in [0, 0.1) is 3.95 Å². The molecule has 0 radical (unpaired) electrons. The number of hydrogen-bond acceptors (Lipinski definition) is 4. The van der Waals surface area contributed by atoms with Gasteiger partial charge in [0.1, 0.15) is 0 Å². The lowest BCUT2D eigenvalue weighted by Gasteiger charge is -2.04. The van der Waals surface area contributed by atoms with Crippen molar-refractivity contribution in [3.8, 4) is 0 Å². The van der Waals surface area contributed by atoms with Crippen LogP contribution in [0.15, 0.2) is 30.5 Å². The lowest BCUT2D eigenvalue weighted by Crippen LogP contribution is -2.05. The number of rotatable bonds is 5. The highest BCUT2D eigenvalue weighted by Crippen LogP contribution is 2.15. The van der Waals surface area contributed by atoms with Crippen LogP contribution in [-0.4, -0.2) is 17.6 Å². The molecule has 0 fully saturated rings. The number of aromatic nitrogens is 1. The number of carbonyl (C=O) groups is 1. The largest absolute Gasteiger partial charge is 0.462 e. The minimum Gasteiger partial charge on any atom is -0.462 e. The SMILES string of the molecule is CCCOC(=O)c1ccc(Cc2c[nH]c(=S)s2)cc1. The van der Waals surface area contributed by atoms with Gasteiger partial charge in [-0.15, -0.1) is 11.3 Å². The van der Waals surface area contributed by atoms with Gasteiger partial charge in [0.2, 0.25) is 0 Å². The molecule has 0 saturated heterocycles. The summed E-state index contributed by atoms with van der Waals surface area (Å²) >= 11 is 6.62. The second-order valence-electron chi connectivity index (χ2n) is 4.15. The summed E-state index contributed by atoms with van der Waals surface area (Å²) < 4.78 is 5.87. The number of hydrogen-bond donors (Lipinski definition) is 1. The molecule has 0 amide bonds. The van der Waals surface area contributed by atoms with Crippen molar-refractivity contribution >= 4 is 29.5 Å². The van der Waals surface area contributed by atoms with E-state index in [2.05, 4.69) is 4.98 Å². The summed E-state index contributed by atoms with van der Waals surface area (Å²) in [7, 11) is 0. The van der Waals surface area contributed by atoms with Gasteiger partial charge in [-0.1, -0.05) is 19.1 Å². The van der Waals surface area contributed by atoms with Gasteiger partial charge >= 0.3 is 5.97 Å². The molecule has 0 aliphatic carbocycles. The Balaban J connectivity index is 2.02. The highest BCUT2D eigenvalue weighted by atomic mass is 32.1. The first kappa shape index (κ1) is 14.0. The van der Waals surface area contributed by atoms with E-state index in [0.717, 1.165) is 22.4 Å². The highest BCUT2D eigenvalue weighted by molar-refractivity contribution is 7.73. The zero-order valence-corrected chi connectivity index (χ0v) is 12.3. The summed E-state index contributed by atoms with van der Waals surface area (Å²) in [6, 6.07) is 7.51. The van der Waals surface area contributed by atoms with Crippen LogP contribution in [0.1, 0.15) is 34.1 Å². The zero-order valence-electron chi connectivity index (χ0n) is 10.6. The Hall–Kier alpha value is -1.46. The molecule has 2 aromatic rings. The fraction of sp³-hybridized carbons (Fsp3) is 0.286. The summed E-state index contributed by atoms with van der Waals surface area (Å²) in [4.78, 5) is 15.8. The smallest absolute Gasteiger partial charge is 0.338 e. The van der Waals surface area contributed by atoms with Gasteiger partial charge in [-0.05, 0) is 36.3 Å². The molecule has 5 heteroatoms. The van der Waals surface area contributed by atoms with Gasteiger partial charge in [0.15, 0.2) is 3.95 Å². The van der Waals surface area contributed by atoms with Crippen molar-refractivity contribution in [2.24, 2.45) is 0 Å². The first-order valence-electron chi connectivity index (χ1n) is 6.12. The second kappa shape index (κ2) is 6.63. The molecule has 0 bridgehead atoms. The van der Waals surface area contributed by atoms with Crippen molar-refractivity contribution in [2.75, 3.05) is 6.61 Å². The van der Waals surface area contributed by atoms with Gasteiger partial charge in [-0.2, -0.15) is 0 Å². The Kier molecular flexibility index (Phi) is 4.87. The number of ether oxygens (including phenoxy) is 1. The topological polar surface area (TPSA) is 42.1 Å². The van der Waals surface area contributed by atoms with Gasteiger partial charge in [0, 0.05) is 17.5 Å². The van der Waals surface area contributed by atoms with Crippen LogP contribution in [0.4, 0.5) is 0 Å². The number of aromatic amines is 1. The Morgan fingerprint density at radius 1 is 1.37 bits per heavy atom. The molecule has 0 spiro atoms. The first-order valence-corrected chi connectivity index (χ1v) is 7.35. The molecule has 0 saturated carbocycles. The van der Waals surface area contributed by atoms with E-state index in [1.807, 2.05) is 25.3 Å². The van der Waals surface area contributed by atoms with Crippen molar-refractivity contribution in [2.45, 2.75) is 19.8 Å². The van der Waals surface area contributed by atoms with E-state index in [1.165, 1.54) is 4.88 Å². The molecule has 2 rings (SSSR count). The average molecular weight is 293 g/mol. The van der Waals surface area contributed by atoms with Crippen LogP contribution < -0.4 is 0 Å². The Labute approximate surface area is 121 Å². The van der Waals surface area contributed by atoms with E-state index in [-0.39, 0.29) is 5.97 Å². The van der Waals surface area contributed by atoms with Crippen molar-refractivity contribution in [3.05, 3.63) is 50.4 Å². The van der Waals surface area contributed by atoms with E-state index in [4.69, 9.17) is 17.0 Å². The van der Waals surface area contributed by atoms with Crippen LogP contribution in [0.25, 0.3) is 0 Å². The quantitative estimate of drug-likeness (QED) is 0.670. The molecular weight excluding hydrogens is 278 g/mol. The molecule has 0 aliphatic rings. The maximum absolute atomic E-state index is 11.6. The Morgan fingerprint density at radius 2 is 2.11 bits per heavy atom. The lowest BCUT2D eigenvalue weighted by atomic mass is 10.1. The van der Waals surface area contributed by atoms with Gasteiger partial charge in [0.05, 0.1) is 12.2 Å². The maximum atomic E-state index is 11.6. The van der Waals surface area contributed by atoms with Crippen molar-refractivity contribution in [1.29, 1.82) is 0 Å². The van der Waals surface area contributed by atoms with E-state index in [0.29, 0.717) is 12.2 Å². The maximum Gasteiger partial charge on any atom is 0.338 e. The lowest BCUT2D eigenvalue weighted by molar-refractivity contribution is 0.0505. The number of nitrogens with one attached hydrogen (secondary N) is 1. The molecule has 0 aliphatic heterocycles. The van der Waals surface area contributed by atoms with E-state index in [9.17, 15) is 4.79 Å². The Bertz CT molecular complexity index is 598. The first-order chi connectivity index (χ1) is 9.19. The molecule has 1 aromatic carbocycles. The minimum atomic E-state index is -0.259. The number of carbonyl (C=O) groups excluding carboxylic acids is 1. The summed E-state index contributed by atoms with van der Waals surface area (Å²) in [5.41, 5.74) is 1.75. The predicted molar refractivity (Wildman–Crippen MR) is 79.3 cm³/mol. The number of H-pyrrole nitrogens is 1. The fourth-order valence-electron chi connectivity index (χ4n) is 1.64. The van der Waals surface area contributed by atoms with E-state index < -0.39 is 0 Å². The third-order valence-corrected chi connectivity index (χ3v) is 3.78. The second-order valence-corrected chi connectivity index (χ2v) is 5.96. The normalized spacial score (nSPS) is 10.4. The third kappa shape index (κ3) is 4.01. The average Bonchev–Trinajstić information content (AvgIpc) is 2.82. The van der Waals surface area contributed by atoms with Gasteiger partial charge in [0.25, 0.3) is 0 Å². The predicted octanol–water partition coefficient (Wildman–Crippen LogP) is 3.96. The fourth-order valence-corrected chi connectivity index (χ4v) is 2.74. The summed E-state index contributed by atoms with van der Waals surface area (Å²) in [5.74, 6) is -0.259. The summed E-state index contributed by atoms with van der Waals surface area (Å²) in [6.45, 7) is 2.44.